The Morgan fingerprint density at radius 2 is 1.46 bits per heavy atom. The third kappa shape index (κ3) is 2.88. The number of hydrogen-bond acceptors (Lipinski definition) is 5. The first-order chi connectivity index (χ1) is 13.5. The monoisotopic (exact) mass is 377 g/mol. The fraction of sp³-hybridized carbons (Fsp3) is 0.0476. The second-order valence-electron chi connectivity index (χ2n) is 6.35. The summed E-state index contributed by atoms with van der Waals surface area (Å²) in [4.78, 5) is 22.6. The topological polar surface area (TPSA) is 116 Å². The quantitative estimate of drug-likeness (QED) is 0.404. The molecule has 140 valence electrons. The zero-order valence-electron chi connectivity index (χ0n) is 14.4. The molecule has 0 unspecified atom stereocenters. The number of aromatic hydroxyl groups is 2. The first-order valence-electron chi connectivity index (χ1n) is 8.39. The van der Waals surface area contributed by atoms with Gasteiger partial charge >= 0.3 is 5.97 Å². The Labute approximate surface area is 159 Å². The number of anilines is 1. The molecule has 0 radical (unpaired) electrons. The molecular formula is C21H15NO6. The molecular weight excluding hydrogens is 362 g/mol. The van der Waals surface area contributed by atoms with Crippen molar-refractivity contribution >= 4 is 18.1 Å². The third-order valence-corrected chi connectivity index (χ3v) is 4.66. The molecule has 0 atom stereocenters. The molecule has 0 fully saturated rings. The van der Waals surface area contributed by atoms with E-state index in [1.165, 1.54) is 30.3 Å². The molecule has 0 saturated carbocycles. The Hall–Kier alpha value is -4.00. The molecule has 4 rings (SSSR count). The molecule has 28 heavy (non-hydrogen) atoms. The summed E-state index contributed by atoms with van der Waals surface area (Å²) in [7, 11) is 0. The molecule has 7 nitrogen and oxygen atoms in total. The number of carbonyl (C=O) groups is 2. The highest BCUT2D eigenvalue weighted by Gasteiger charge is 2.32. The molecule has 3 aromatic rings. The Balaban J connectivity index is 1.97. The Morgan fingerprint density at radius 3 is 2.00 bits per heavy atom. The number of aromatic carboxylic acids is 1. The van der Waals surface area contributed by atoms with Crippen molar-refractivity contribution in [1.29, 1.82) is 0 Å². The van der Waals surface area contributed by atoms with E-state index in [4.69, 9.17) is 4.74 Å². The van der Waals surface area contributed by atoms with Gasteiger partial charge in [-0.25, -0.2) is 4.79 Å². The van der Waals surface area contributed by atoms with Crippen molar-refractivity contribution in [2.24, 2.45) is 0 Å². The van der Waals surface area contributed by atoms with Gasteiger partial charge in [-0.1, -0.05) is 18.2 Å². The highest BCUT2D eigenvalue weighted by atomic mass is 16.5. The largest absolute Gasteiger partial charge is 0.508 e. The normalized spacial score (nSPS) is 12.4. The van der Waals surface area contributed by atoms with Crippen LogP contribution in [-0.4, -0.2) is 27.7 Å². The van der Waals surface area contributed by atoms with Crippen LogP contribution in [0.25, 0.3) is 0 Å². The van der Waals surface area contributed by atoms with E-state index < -0.39 is 11.9 Å². The van der Waals surface area contributed by atoms with Gasteiger partial charge in [-0.3, -0.25) is 4.79 Å². The van der Waals surface area contributed by atoms with E-state index in [1.54, 1.807) is 24.3 Å². The van der Waals surface area contributed by atoms with Crippen molar-refractivity contribution in [3.8, 4) is 23.0 Å². The number of carboxylic acids is 1. The number of phenolic OH excluding ortho intramolecular Hbond substituents is 2. The molecule has 0 aliphatic carbocycles. The average molecular weight is 377 g/mol. The van der Waals surface area contributed by atoms with Gasteiger partial charge in [-0.05, 0) is 29.8 Å². The fourth-order valence-corrected chi connectivity index (χ4v) is 3.47. The summed E-state index contributed by atoms with van der Waals surface area (Å²) in [5.41, 5.74) is 2.23. The predicted octanol–water partition coefficient (Wildman–Crippen LogP) is 3.65. The SMILES string of the molecule is O=CNc1ccc(C2c3ccc(O)cc3Oc3cc(O)ccc32)c(C(=O)O)c1. The molecule has 1 heterocycles. The summed E-state index contributed by atoms with van der Waals surface area (Å²) < 4.78 is 5.83. The van der Waals surface area contributed by atoms with Gasteiger partial charge in [-0.2, -0.15) is 0 Å². The van der Waals surface area contributed by atoms with Crippen molar-refractivity contribution in [2.45, 2.75) is 5.92 Å². The van der Waals surface area contributed by atoms with Crippen LogP contribution in [0.15, 0.2) is 54.6 Å². The van der Waals surface area contributed by atoms with Crippen molar-refractivity contribution in [2.75, 3.05) is 5.32 Å². The second-order valence-corrected chi connectivity index (χ2v) is 6.35. The number of carbonyl (C=O) groups excluding carboxylic acids is 1. The molecule has 4 N–H and O–H groups in total. The van der Waals surface area contributed by atoms with E-state index in [1.807, 2.05) is 0 Å². The van der Waals surface area contributed by atoms with Crippen molar-refractivity contribution in [3.05, 3.63) is 76.9 Å². The van der Waals surface area contributed by atoms with Crippen molar-refractivity contribution in [3.63, 3.8) is 0 Å². The predicted molar refractivity (Wildman–Crippen MR) is 100 cm³/mol. The van der Waals surface area contributed by atoms with Crippen LogP contribution in [0.5, 0.6) is 23.0 Å². The van der Waals surface area contributed by atoms with Crippen LogP contribution in [0.1, 0.15) is 33.0 Å². The van der Waals surface area contributed by atoms with Gasteiger partial charge in [0.05, 0.1) is 5.56 Å². The van der Waals surface area contributed by atoms with Gasteiger partial charge in [0.25, 0.3) is 0 Å². The maximum absolute atomic E-state index is 11.9. The van der Waals surface area contributed by atoms with E-state index in [2.05, 4.69) is 5.32 Å². The van der Waals surface area contributed by atoms with Crippen LogP contribution in [0.3, 0.4) is 0 Å². The summed E-state index contributed by atoms with van der Waals surface area (Å²) in [6.45, 7) is 0. The molecule has 1 aliphatic rings. The molecule has 7 heteroatoms. The summed E-state index contributed by atoms with van der Waals surface area (Å²) in [5.74, 6) is -0.896. The highest BCUT2D eigenvalue weighted by Crippen LogP contribution is 2.49. The molecule has 1 amide bonds. The van der Waals surface area contributed by atoms with E-state index in [0.29, 0.717) is 40.3 Å². The number of benzene rings is 3. The first-order valence-corrected chi connectivity index (χ1v) is 8.39. The lowest BCUT2D eigenvalue weighted by Crippen LogP contribution is -2.15. The van der Waals surface area contributed by atoms with Crippen molar-refractivity contribution < 1.29 is 29.6 Å². The maximum atomic E-state index is 11.9. The smallest absolute Gasteiger partial charge is 0.336 e. The summed E-state index contributed by atoms with van der Waals surface area (Å²) in [5, 5.41) is 31.8. The number of phenols is 2. The minimum Gasteiger partial charge on any atom is -0.508 e. The molecule has 0 saturated heterocycles. The summed E-state index contributed by atoms with van der Waals surface area (Å²) >= 11 is 0. The first kappa shape index (κ1) is 17.4. The minimum absolute atomic E-state index is 0.00471. The molecule has 0 spiro atoms. The third-order valence-electron chi connectivity index (χ3n) is 4.66. The van der Waals surface area contributed by atoms with Gasteiger partial charge in [0.1, 0.15) is 23.0 Å². The number of hydrogen-bond donors (Lipinski definition) is 4. The minimum atomic E-state index is -1.14. The maximum Gasteiger partial charge on any atom is 0.336 e. The van der Waals surface area contributed by atoms with Crippen LogP contribution in [0, 0.1) is 0 Å². The fourth-order valence-electron chi connectivity index (χ4n) is 3.47. The van der Waals surface area contributed by atoms with E-state index in [-0.39, 0.29) is 17.1 Å². The number of rotatable bonds is 4. The van der Waals surface area contributed by atoms with Gasteiger partial charge in [0, 0.05) is 34.9 Å². The summed E-state index contributed by atoms with van der Waals surface area (Å²) in [6, 6.07) is 13.9. The van der Waals surface area contributed by atoms with E-state index in [9.17, 15) is 24.9 Å². The van der Waals surface area contributed by atoms with Crippen molar-refractivity contribution in [1.82, 2.24) is 0 Å². The number of carboxylic acid groups (broad SMARTS) is 1. The summed E-state index contributed by atoms with van der Waals surface area (Å²) in [6.07, 6.45) is 0.477. The van der Waals surface area contributed by atoms with E-state index >= 15 is 0 Å². The van der Waals surface area contributed by atoms with Crippen LogP contribution in [0.4, 0.5) is 5.69 Å². The number of nitrogens with one attached hydrogen (secondary N) is 1. The van der Waals surface area contributed by atoms with Crippen LogP contribution >= 0.6 is 0 Å². The number of ether oxygens (including phenoxy) is 1. The van der Waals surface area contributed by atoms with Gasteiger partial charge in [-0.15, -0.1) is 0 Å². The van der Waals surface area contributed by atoms with Gasteiger partial charge in [0.2, 0.25) is 6.41 Å². The number of fused-ring (bicyclic) bond motifs is 2. The zero-order valence-corrected chi connectivity index (χ0v) is 14.4. The Bertz CT molecular complexity index is 1060. The average Bonchev–Trinajstić information content (AvgIpc) is 2.66. The lowest BCUT2D eigenvalue weighted by atomic mass is 9.80. The number of amides is 1. The van der Waals surface area contributed by atoms with Crippen LogP contribution < -0.4 is 10.1 Å². The molecule has 0 bridgehead atoms. The van der Waals surface area contributed by atoms with Gasteiger partial charge in [0.15, 0.2) is 0 Å². The Kier molecular flexibility index (Phi) is 4.12. The molecule has 1 aliphatic heterocycles. The molecule has 0 aromatic heterocycles. The zero-order chi connectivity index (χ0) is 19.8. The van der Waals surface area contributed by atoms with Crippen LogP contribution in [0.2, 0.25) is 0 Å². The van der Waals surface area contributed by atoms with E-state index in [0.717, 1.165) is 0 Å². The lowest BCUT2D eigenvalue weighted by Gasteiger charge is -2.29. The van der Waals surface area contributed by atoms with Gasteiger partial charge < -0.3 is 25.4 Å². The molecule has 3 aromatic carbocycles. The van der Waals surface area contributed by atoms with Crippen LogP contribution in [-0.2, 0) is 4.79 Å². The Morgan fingerprint density at radius 1 is 0.893 bits per heavy atom. The standard InChI is InChI=1S/C21H15NO6/c23-10-22-11-1-4-14(17(7-11)21(26)27)20-15-5-2-12(24)8-18(15)28-19-9-13(25)3-6-16(19)20/h1-10,20,24-25H,(H,22,23)(H,26,27). The highest BCUT2D eigenvalue weighted by molar-refractivity contribution is 5.92. The second kappa shape index (κ2) is 6.62. The lowest BCUT2D eigenvalue weighted by molar-refractivity contribution is -0.105.